The van der Waals surface area contributed by atoms with Crippen LogP contribution in [0.1, 0.15) is 45.2 Å². The third-order valence-electron chi connectivity index (χ3n) is 3.21. The first-order valence-electron chi connectivity index (χ1n) is 7.14. The average molecular weight is 259 g/mol. The van der Waals surface area contributed by atoms with E-state index in [9.17, 15) is 5.26 Å². The van der Waals surface area contributed by atoms with E-state index in [0.717, 1.165) is 37.3 Å². The number of rotatable bonds is 7. The zero-order valence-corrected chi connectivity index (χ0v) is 12.5. The Morgan fingerprint density at radius 3 is 2.58 bits per heavy atom. The third kappa shape index (κ3) is 4.25. The Labute approximate surface area is 117 Å². The van der Waals surface area contributed by atoms with E-state index in [1.54, 1.807) is 0 Å². The summed E-state index contributed by atoms with van der Waals surface area (Å²) < 4.78 is 0. The Bertz CT molecular complexity index is 432. The summed E-state index contributed by atoms with van der Waals surface area (Å²) in [4.78, 5) is 2.25. The van der Waals surface area contributed by atoms with Crippen molar-refractivity contribution in [2.24, 2.45) is 0 Å². The molecule has 0 atom stereocenters. The number of nitriles is 1. The van der Waals surface area contributed by atoms with Crippen LogP contribution in [0, 0.1) is 11.3 Å². The molecular formula is C16H25N3. The normalized spacial score (nSPS) is 10.5. The van der Waals surface area contributed by atoms with Gasteiger partial charge in [-0.1, -0.05) is 13.0 Å². The van der Waals surface area contributed by atoms with Crippen molar-refractivity contribution in [3.63, 3.8) is 0 Å². The number of nitrogens with zero attached hydrogens (tertiary/aromatic N) is 2. The molecule has 1 rings (SSSR count). The van der Waals surface area contributed by atoms with E-state index in [1.807, 2.05) is 6.07 Å². The van der Waals surface area contributed by atoms with Gasteiger partial charge in [0.25, 0.3) is 0 Å². The van der Waals surface area contributed by atoms with E-state index < -0.39 is 0 Å². The van der Waals surface area contributed by atoms with Crippen LogP contribution >= 0.6 is 0 Å². The highest BCUT2D eigenvalue weighted by Crippen LogP contribution is 2.23. The molecule has 0 aliphatic rings. The van der Waals surface area contributed by atoms with Crippen molar-refractivity contribution in [2.75, 3.05) is 18.0 Å². The van der Waals surface area contributed by atoms with Crippen molar-refractivity contribution in [1.29, 1.82) is 5.26 Å². The van der Waals surface area contributed by atoms with Crippen molar-refractivity contribution < 1.29 is 0 Å². The van der Waals surface area contributed by atoms with E-state index in [4.69, 9.17) is 0 Å². The lowest BCUT2D eigenvalue weighted by molar-refractivity contribution is 0.674. The van der Waals surface area contributed by atoms with Gasteiger partial charge in [0.05, 0.1) is 11.3 Å². The Morgan fingerprint density at radius 1 is 1.32 bits per heavy atom. The molecule has 0 saturated carbocycles. The molecule has 3 heteroatoms. The monoisotopic (exact) mass is 259 g/mol. The van der Waals surface area contributed by atoms with Crippen molar-refractivity contribution in [3.8, 4) is 6.07 Å². The molecule has 104 valence electrons. The van der Waals surface area contributed by atoms with E-state index in [-0.39, 0.29) is 0 Å². The number of anilines is 1. The summed E-state index contributed by atoms with van der Waals surface area (Å²) in [5.74, 6) is 0. The van der Waals surface area contributed by atoms with Crippen LogP contribution in [0.2, 0.25) is 0 Å². The standard InChI is InChI=1S/C16H25N3/c1-5-9-18-12-14-7-8-16(15(10-14)11-17)19(6-2)13(3)4/h7-8,10,13,18H,5-6,9,12H2,1-4H3. The van der Waals surface area contributed by atoms with Crippen LogP contribution in [-0.4, -0.2) is 19.1 Å². The summed E-state index contributed by atoms with van der Waals surface area (Å²) in [6, 6.07) is 8.92. The van der Waals surface area contributed by atoms with Gasteiger partial charge in [0.2, 0.25) is 0 Å². The maximum atomic E-state index is 9.34. The summed E-state index contributed by atoms with van der Waals surface area (Å²) in [6.07, 6.45) is 1.13. The highest BCUT2D eigenvalue weighted by atomic mass is 15.1. The molecule has 3 nitrogen and oxygen atoms in total. The third-order valence-corrected chi connectivity index (χ3v) is 3.21. The number of nitrogens with one attached hydrogen (secondary N) is 1. The van der Waals surface area contributed by atoms with Gasteiger partial charge in [0.15, 0.2) is 0 Å². The largest absolute Gasteiger partial charge is 0.368 e. The molecule has 0 unspecified atom stereocenters. The van der Waals surface area contributed by atoms with Crippen molar-refractivity contribution >= 4 is 5.69 Å². The van der Waals surface area contributed by atoms with Gasteiger partial charge < -0.3 is 10.2 Å². The van der Waals surface area contributed by atoms with E-state index in [2.05, 4.69) is 56.1 Å². The zero-order chi connectivity index (χ0) is 14.3. The molecule has 0 aliphatic carbocycles. The van der Waals surface area contributed by atoms with Crippen LogP contribution < -0.4 is 10.2 Å². The SMILES string of the molecule is CCCNCc1ccc(N(CC)C(C)C)c(C#N)c1. The van der Waals surface area contributed by atoms with Crippen LogP contribution in [-0.2, 0) is 6.54 Å². The molecule has 19 heavy (non-hydrogen) atoms. The van der Waals surface area contributed by atoms with Gasteiger partial charge in [-0.15, -0.1) is 0 Å². The second-order valence-corrected chi connectivity index (χ2v) is 5.02. The molecular weight excluding hydrogens is 234 g/mol. The molecule has 0 saturated heterocycles. The molecule has 1 aromatic carbocycles. The first-order chi connectivity index (χ1) is 9.13. The van der Waals surface area contributed by atoms with Crippen molar-refractivity contribution in [3.05, 3.63) is 29.3 Å². The smallest absolute Gasteiger partial charge is 0.101 e. The van der Waals surface area contributed by atoms with Gasteiger partial charge in [-0.05, 0) is 51.4 Å². The van der Waals surface area contributed by atoms with Gasteiger partial charge in [-0.2, -0.15) is 5.26 Å². The minimum atomic E-state index is 0.404. The Morgan fingerprint density at radius 2 is 2.05 bits per heavy atom. The molecule has 0 heterocycles. The fourth-order valence-corrected chi connectivity index (χ4v) is 2.26. The summed E-state index contributed by atoms with van der Waals surface area (Å²) >= 11 is 0. The summed E-state index contributed by atoms with van der Waals surface area (Å²) in [5.41, 5.74) is 2.99. The highest BCUT2D eigenvalue weighted by Gasteiger charge is 2.13. The Kier molecular flexibility index (Phi) is 6.38. The van der Waals surface area contributed by atoms with Gasteiger partial charge in [0, 0.05) is 19.1 Å². The fourth-order valence-electron chi connectivity index (χ4n) is 2.26. The van der Waals surface area contributed by atoms with Gasteiger partial charge >= 0.3 is 0 Å². The molecule has 0 aromatic heterocycles. The highest BCUT2D eigenvalue weighted by molar-refractivity contribution is 5.60. The minimum Gasteiger partial charge on any atom is -0.368 e. The average Bonchev–Trinajstić information content (AvgIpc) is 2.40. The molecule has 1 N–H and O–H groups in total. The second-order valence-electron chi connectivity index (χ2n) is 5.02. The Balaban J connectivity index is 2.93. The summed E-state index contributed by atoms with van der Waals surface area (Å²) in [5, 5.41) is 12.7. The molecule has 1 aromatic rings. The lowest BCUT2D eigenvalue weighted by atomic mass is 10.1. The number of hydrogen-bond acceptors (Lipinski definition) is 3. The molecule has 0 bridgehead atoms. The van der Waals surface area contributed by atoms with Crippen LogP contribution in [0.4, 0.5) is 5.69 Å². The van der Waals surface area contributed by atoms with E-state index in [1.165, 1.54) is 5.56 Å². The predicted molar refractivity (Wildman–Crippen MR) is 81.3 cm³/mol. The van der Waals surface area contributed by atoms with Crippen LogP contribution in [0.3, 0.4) is 0 Å². The predicted octanol–water partition coefficient (Wildman–Crippen LogP) is 3.29. The Hall–Kier alpha value is -1.53. The van der Waals surface area contributed by atoms with Crippen molar-refractivity contribution in [2.45, 2.75) is 46.7 Å². The van der Waals surface area contributed by atoms with Crippen LogP contribution in [0.25, 0.3) is 0 Å². The molecule has 0 spiro atoms. The maximum absolute atomic E-state index is 9.34. The van der Waals surface area contributed by atoms with E-state index >= 15 is 0 Å². The minimum absolute atomic E-state index is 0.404. The van der Waals surface area contributed by atoms with Gasteiger partial charge in [-0.25, -0.2) is 0 Å². The fraction of sp³-hybridized carbons (Fsp3) is 0.562. The lowest BCUT2D eigenvalue weighted by Gasteiger charge is -2.28. The quantitative estimate of drug-likeness (QED) is 0.764. The van der Waals surface area contributed by atoms with Gasteiger partial charge in [0.1, 0.15) is 6.07 Å². The first kappa shape index (κ1) is 15.5. The lowest BCUT2D eigenvalue weighted by Crippen LogP contribution is -2.31. The van der Waals surface area contributed by atoms with Gasteiger partial charge in [-0.3, -0.25) is 0 Å². The zero-order valence-electron chi connectivity index (χ0n) is 12.5. The molecule has 0 amide bonds. The molecule has 0 aliphatic heterocycles. The second kappa shape index (κ2) is 7.81. The number of hydrogen-bond donors (Lipinski definition) is 1. The topological polar surface area (TPSA) is 39.1 Å². The van der Waals surface area contributed by atoms with Crippen LogP contribution in [0.15, 0.2) is 18.2 Å². The molecule has 0 radical (unpaired) electrons. The number of benzene rings is 1. The maximum Gasteiger partial charge on any atom is 0.101 e. The van der Waals surface area contributed by atoms with Crippen molar-refractivity contribution in [1.82, 2.24) is 5.32 Å². The van der Waals surface area contributed by atoms with Crippen LogP contribution in [0.5, 0.6) is 0 Å². The first-order valence-corrected chi connectivity index (χ1v) is 7.14. The molecule has 0 fully saturated rings. The summed E-state index contributed by atoms with van der Waals surface area (Å²) in [6.45, 7) is 11.3. The van der Waals surface area contributed by atoms with E-state index in [0.29, 0.717) is 6.04 Å². The summed E-state index contributed by atoms with van der Waals surface area (Å²) in [7, 11) is 0.